The molecule has 0 heterocycles. The quantitative estimate of drug-likeness (QED) is 0.741. The topological polar surface area (TPSA) is 3.24 Å². The van der Waals surface area contributed by atoms with Gasteiger partial charge in [-0.1, -0.05) is 26.0 Å². The number of hydrogen-bond donors (Lipinski definition) is 0. The molecule has 0 bridgehead atoms. The minimum atomic E-state index is 0.633. The van der Waals surface area contributed by atoms with Gasteiger partial charge in [-0.2, -0.15) is 0 Å². The smallest absolute Gasteiger partial charge is 0.0393 e. The van der Waals surface area contributed by atoms with Gasteiger partial charge in [0.2, 0.25) is 0 Å². The summed E-state index contributed by atoms with van der Waals surface area (Å²) >= 11 is 0. The number of hydrogen-bond acceptors (Lipinski definition) is 1. The van der Waals surface area contributed by atoms with Gasteiger partial charge in [-0.15, -0.1) is 0 Å². The highest BCUT2D eigenvalue weighted by Crippen LogP contribution is 2.36. The molecule has 0 atom stereocenters. The van der Waals surface area contributed by atoms with E-state index in [1.54, 1.807) is 5.56 Å². The number of nitrogens with zero attached hydrogens (tertiary/aromatic N) is 1. The van der Waals surface area contributed by atoms with Crippen LogP contribution in [0.3, 0.4) is 0 Å². The maximum absolute atomic E-state index is 2.42. The standard InChI is InChI=1S/C15H23N/c1-11(2)13-7-8-15(16(3)4)14(10-13)9-12-5-6-12/h7-8,10-12H,5-6,9H2,1-4H3. The highest BCUT2D eigenvalue weighted by molar-refractivity contribution is 5.54. The zero-order valence-electron chi connectivity index (χ0n) is 11.0. The van der Waals surface area contributed by atoms with Crippen molar-refractivity contribution in [1.29, 1.82) is 0 Å². The lowest BCUT2D eigenvalue weighted by atomic mass is 9.97. The summed E-state index contributed by atoms with van der Waals surface area (Å²) in [6.07, 6.45) is 4.13. The highest BCUT2D eigenvalue weighted by Gasteiger charge is 2.23. The van der Waals surface area contributed by atoms with Crippen molar-refractivity contribution in [3.63, 3.8) is 0 Å². The Morgan fingerprint density at radius 2 is 1.94 bits per heavy atom. The Morgan fingerprint density at radius 3 is 2.44 bits per heavy atom. The zero-order chi connectivity index (χ0) is 11.7. The Morgan fingerprint density at radius 1 is 1.25 bits per heavy atom. The second-order valence-electron chi connectivity index (χ2n) is 5.58. The van der Waals surface area contributed by atoms with Gasteiger partial charge in [0.25, 0.3) is 0 Å². The lowest BCUT2D eigenvalue weighted by Crippen LogP contribution is -2.12. The minimum Gasteiger partial charge on any atom is -0.377 e. The molecule has 0 aromatic heterocycles. The van der Waals surface area contributed by atoms with Crippen LogP contribution in [0.2, 0.25) is 0 Å². The van der Waals surface area contributed by atoms with Crippen LogP contribution in [0, 0.1) is 5.92 Å². The van der Waals surface area contributed by atoms with Crippen molar-refractivity contribution < 1.29 is 0 Å². The summed E-state index contributed by atoms with van der Waals surface area (Å²) in [5.41, 5.74) is 4.41. The molecule has 1 saturated carbocycles. The Balaban J connectivity index is 2.29. The molecule has 1 fully saturated rings. The van der Waals surface area contributed by atoms with Crippen molar-refractivity contribution >= 4 is 5.69 Å². The van der Waals surface area contributed by atoms with E-state index >= 15 is 0 Å². The van der Waals surface area contributed by atoms with Gasteiger partial charge >= 0.3 is 0 Å². The van der Waals surface area contributed by atoms with E-state index in [1.165, 1.54) is 30.5 Å². The maximum atomic E-state index is 2.42. The Bertz CT molecular complexity index is 362. The third-order valence-electron chi connectivity index (χ3n) is 3.46. The molecule has 0 amide bonds. The number of benzene rings is 1. The van der Waals surface area contributed by atoms with E-state index in [9.17, 15) is 0 Å². The molecule has 88 valence electrons. The van der Waals surface area contributed by atoms with Gasteiger partial charge < -0.3 is 4.90 Å². The molecule has 0 aliphatic heterocycles. The van der Waals surface area contributed by atoms with E-state index in [2.05, 4.69) is 51.0 Å². The second-order valence-corrected chi connectivity index (χ2v) is 5.58. The van der Waals surface area contributed by atoms with E-state index in [0.29, 0.717) is 5.92 Å². The van der Waals surface area contributed by atoms with Crippen LogP contribution < -0.4 is 4.90 Å². The third kappa shape index (κ3) is 2.58. The van der Waals surface area contributed by atoms with Gasteiger partial charge in [-0.25, -0.2) is 0 Å². The largest absolute Gasteiger partial charge is 0.377 e. The molecular formula is C15H23N. The summed E-state index contributed by atoms with van der Waals surface area (Å²) in [7, 11) is 4.28. The molecule has 0 spiro atoms. The van der Waals surface area contributed by atoms with Crippen molar-refractivity contribution in [1.82, 2.24) is 0 Å². The fourth-order valence-corrected chi connectivity index (χ4v) is 2.20. The van der Waals surface area contributed by atoms with Crippen LogP contribution in [0.15, 0.2) is 18.2 Å². The summed E-state index contributed by atoms with van der Waals surface area (Å²) in [5.74, 6) is 1.59. The molecule has 1 aromatic carbocycles. The van der Waals surface area contributed by atoms with Crippen LogP contribution in [0.1, 0.15) is 43.7 Å². The van der Waals surface area contributed by atoms with Crippen molar-refractivity contribution in [2.24, 2.45) is 5.92 Å². The number of anilines is 1. The zero-order valence-corrected chi connectivity index (χ0v) is 11.0. The predicted molar refractivity (Wildman–Crippen MR) is 71.3 cm³/mol. The fourth-order valence-electron chi connectivity index (χ4n) is 2.20. The maximum Gasteiger partial charge on any atom is 0.0393 e. The third-order valence-corrected chi connectivity index (χ3v) is 3.46. The van der Waals surface area contributed by atoms with Crippen LogP contribution in [0.25, 0.3) is 0 Å². The van der Waals surface area contributed by atoms with Crippen molar-refractivity contribution in [3.8, 4) is 0 Å². The monoisotopic (exact) mass is 217 g/mol. The van der Waals surface area contributed by atoms with Gasteiger partial charge in [0.1, 0.15) is 0 Å². The average molecular weight is 217 g/mol. The van der Waals surface area contributed by atoms with Gasteiger partial charge in [0.15, 0.2) is 0 Å². The summed E-state index contributed by atoms with van der Waals surface area (Å²) in [5, 5.41) is 0. The Hall–Kier alpha value is -0.980. The van der Waals surface area contributed by atoms with E-state index in [-0.39, 0.29) is 0 Å². The summed E-state index contributed by atoms with van der Waals surface area (Å²) < 4.78 is 0. The van der Waals surface area contributed by atoms with E-state index in [1.807, 2.05) is 0 Å². The Labute approximate surface area is 99.5 Å². The second kappa shape index (κ2) is 4.48. The van der Waals surface area contributed by atoms with Crippen LogP contribution >= 0.6 is 0 Å². The molecule has 0 N–H and O–H groups in total. The average Bonchev–Trinajstić information content (AvgIpc) is 3.01. The lowest BCUT2D eigenvalue weighted by molar-refractivity contribution is 0.814. The normalized spacial score (nSPS) is 15.6. The first-order valence-electron chi connectivity index (χ1n) is 6.38. The van der Waals surface area contributed by atoms with E-state index < -0.39 is 0 Å². The molecule has 1 nitrogen and oxygen atoms in total. The summed E-state index contributed by atoms with van der Waals surface area (Å²) in [6.45, 7) is 4.54. The molecule has 1 aromatic rings. The molecule has 1 aliphatic carbocycles. The summed E-state index contributed by atoms with van der Waals surface area (Å²) in [4.78, 5) is 2.24. The fraction of sp³-hybridized carbons (Fsp3) is 0.600. The first-order chi connectivity index (χ1) is 7.58. The number of rotatable bonds is 4. The first kappa shape index (κ1) is 11.5. The van der Waals surface area contributed by atoms with E-state index in [0.717, 1.165) is 5.92 Å². The molecule has 0 unspecified atom stereocenters. The van der Waals surface area contributed by atoms with Crippen LogP contribution in [-0.2, 0) is 6.42 Å². The van der Waals surface area contributed by atoms with Crippen molar-refractivity contribution in [2.75, 3.05) is 19.0 Å². The van der Waals surface area contributed by atoms with Gasteiger partial charge in [-0.05, 0) is 48.3 Å². The molecule has 16 heavy (non-hydrogen) atoms. The van der Waals surface area contributed by atoms with E-state index in [4.69, 9.17) is 0 Å². The molecular weight excluding hydrogens is 194 g/mol. The van der Waals surface area contributed by atoms with Crippen LogP contribution in [-0.4, -0.2) is 14.1 Å². The first-order valence-corrected chi connectivity index (χ1v) is 6.38. The van der Waals surface area contributed by atoms with Crippen LogP contribution in [0.4, 0.5) is 5.69 Å². The van der Waals surface area contributed by atoms with Crippen molar-refractivity contribution in [2.45, 2.75) is 39.0 Å². The van der Waals surface area contributed by atoms with Crippen molar-refractivity contribution in [3.05, 3.63) is 29.3 Å². The Kier molecular flexibility index (Phi) is 3.22. The molecule has 0 radical (unpaired) electrons. The van der Waals surface area contributed by atoms with Crippen LogP contribution in [0.5, 0.6) is 0 Å². The molecule has 1 heteroatoms. The van der Waals surface area contributed by atoms with Gasteiger partial charge in [0, 0.05) is 19.8 Å². The minimum absolute atomic E-state index is 0.633. The van der Waals surface area contributed by atoms with Gasteiger partial charge in [-0.3, -0.25) is 0 Å². The molecule has 1 aliphatic rings. The predicted octanol–water partition coefficient (Wildman–Crippen LogP) is 3.83. The summed E-state index contributed by atoms with van der Waals surface area (Å²) in [6, 6.07) is 6.97. The van der Waals surface area contributed by atoms with Gasteiger partial charge in [0.05, 0.1) is 0 Å². The highest BCUT2D eigenvalue weighted by atomic mass is 15.1. The molecule has 0 saturated heterocycles. The molecule has 2 rings (SSSR count). The SMILES string of the molecule is CC(C)c1ccc(N(C)C)c(CC2CC2)c1. The lowest BCUT2D eigenvalue weighted by Gasteiger charge is -2.19.